The highest BCUT2D eigenvalue weighted by Gasteiger charge is 2.22. The van der Waals surface area contributed by atoms with Gasteiger partial charge in [-0.1, -0.05) is 27.5 Å². The normalized spacial score (nSPS) is 10.6. The summed E-state index contributed by atoms with van der Waals surface area (Å²) in [7, 11) is 0. The third-order valence-corrected chi connectivity index (χ3v) is 3.35. The number of carbonyl (C=O) groups excluding carboxylic acids is 1. The fourth-order valence-electron chi connectivity index (χ4n) is 1.54. The smallest absolute Gasteiger partial charge is 0.257 e. The highest BCUT2D eigenvalue weighted by molar-refractivity contribution is 9.10. The summed E-state index contributed by atoms with van der Waals surface area (Å²) in [6.07, 6.45) is 0. The molecule has 0 aromatic heterocycles. The van der Waals surface area contributed by atoms with E-state index in [1.165, 1.54) is 12.1 Å². The van der Waals surface area contributed by atoms with Gasteiger partial charge in [0, 0.05) is 10.5 Å². The van der Waals surface area contributed by atoms with Gasteiger partial charge >= 0.3 is 0 Å². The molecule has 1 amide bonds. The standard InChI is InChI=1S/C13H5BrClF4NO/c14-5-1-2-7(15)6(3-5)13(21)20-12-10(18)8(16)4-9(17)11(12)19/h1-4H,(H,20,21). The number of amides is 1. The molecule has 0 radical (unpaired) electrons. The fraction of sp³-hybridized carbons (Fsp3) is 0. The minimum absolute atomic E-state index is 0.00777. The van der Waals surface area contributed by atoms with Gasteiger partial charge in [0.25, 0.3) is 5.91 Å². The maximum atomic E-state index is 13.5. The van der Waals surface area contributed by atoms with Crippen LogP contribution in [0.25, 0.3) is 0 Å². The molecule has 110 valence electrons. The fourth-order valence-corrected chi connectivity index (χ4v) is 2.10. The number of nitrogens with one attached hydrogen (secondary N) is 1. The van der Waals surface area contributed by atoms with Crippen molar-refractivity contribution in [2.75, 3.05) is 5.32 Å². The van der Waals surface area contributed by atoms with Crippen molar-refractivity contribution in [1.29, 1.82) is 0 Å². The van der Waals surface area contributed by atoms with Crippen molar-refractivity contribution < 1.29 is 22.4 Å². The molecule has 0 unspecified atom stereocenters. The molecule has 21 heavy (non-hydrogen) atoms. The lowest BCUT2D eigenvalue weighted by molar-refractivity contribution is 0.102. The van der Waals surface area contributed by atoms with Crippen LogP contribution in [0.5, 0.6) is 0 Å². The van der Waals surface area contributed by atoms with Gasteiger partial charge in [0.05, 0.1) is 10.6 Å². The van der Waals surface area contributed by atoms with E-state index in [0.717, 1.165) is 0 Å². The van der Waals surface area contributed by atoms with E-state index in [2.05, 4.69) is 15.9 Å². The zero-order valence-electron chi connectivity index (χ0n) is 9.99. The molecule has 0 saturated carbocycles. The first-order valence-electron chi connectivity index (χ1n) is 5.40. The second-order valence-corrected chi connectivity index (χ2v) is 5.24. The molecular weight excluding hydrogens is 377 g/mol. The Balaban J connectivity index is 2.43. The van der Waals surface area contributed by atoms with Gasteiger partial charge < -0.3 is 5.32 Å². The maximum Gasteiger partial charge on any atom is 0.257 e. The summed E-state index contributed by atoms with van der Waals surface area (Å²) in [5.41, 5.74) is -1.33. The first-order valence-corrected chi connectivity index (χ1v) is 6.57. The van der Waals surface area contributed by atoms with Gasteiger partial charge in [-0.3, -0.25) is 4.79 Å². The van der Waals surface area contributed by atoms with Crippen LogP contribution in [0.3, 0.4) is 0 Å². The number of rotatable bonds is 2. The second kappa shape index (κ2) is 6.03. The number of carbonyl (C=O) groups is 1. The van der Waals surface area contributed by atoms with Crippen molar-refractivity contribution >= 4 is 39.1 Å². The van der Waals surface area contributed by atoms with Crippen LogP contribution in [-0.4, -0.2) is 5.91 Å². The zero-order chi connectivity index (χ0) is 15.7. The van der Waals surface area contributed by atoms with E-state index in [1.807, 2.05) is 0 Å². The van der Waals surface area contributed by atoms with E-state index in [-0.39, 0.29) is 16.7 Å². The molecule has 0 spiro atoms. The number of anilines is 1. The predicted molar refractivity (Wildman–Crippen MR) is 73.4 cm³/mol. The quantitative estimate of drug-likeness (QED) is 0.580. The number of halogens is 6. The molecule has 0 heterocycles. The topological polar surface area (TPSA) is 29.1 Å². The van der Waals surface area contributed by atoms with Crippen LogP contribution in [0.4, 0.5) is 23.2 Å². The van der Waals surface area contributed by atoms with Crippen LogP contribution in [0, 0.1) is 23.3 Å². The Hall–Kier alpha value is -1.60. The van der Waals surface area contributed by atoms with Crippen LogP contribution >= 0.6 is 27.5 Å². The molecule has 2 aromatic carbocycles. The molecule has 0 atom stereocenters. The number of hydrogen-bond donors (Lipinski definition) is 1. The first kappa shape index (κ1) is 15.8. The largest absolute Gasteiger partial charge is 0.317 e. The van der Waals surface area contributed by atoms with Crippen molar-refractivity contribution in [3.8, 4) is 0 Å². The summed E-state index contributed by atoms with van der Waals surface area (Å²) in [5.74, 6) is -7.65. The van der Waals surface area contributed by atoms with Crippen molar-refractivity contribution in [1.82, 2.24) is 0 Å². The highest BCUT2D eigenvalue weighted by atomic mass is 79.9. The second-order valence-electron chi connectivity index (χ2n) is 3.92. The van der Waals surface area contributed by atoms with E-state index in [9.17, 15) is 22.4 Å². The maximum absolute atomic E-state index is 13.5. The lowest BCUT2D eigenvalue weighted by Gasteiger charge is -2.10. The third kappa shape index (κ3) is 3.19. The first-order chi connectivity index (χ1) is 9.81. The zero-order valence-corrected chi connectivity index (χ0v) is 12.3. The molecule has 0 aliphatic heterocycles. The molecule has 0 fully saturated rings. The van der Waals surface area contributed by atoms with E-state index in [1.54, 1.807) is 11.4 Å². The van der Waals surface area contributed by atoms with Gasteiger partial charge in [0.2, 0.25) is 0 Å². The Bertz CT molecular complexity index is 712. The van der Waals surface area contributed by atoms with Crippen LogP contribution in [0.1, 0.15) is 10.4 Å². The van der Waals surface area contributed by atoms with E-state index in [0.29, 0.717) is 4.47 Å². The summed E-state index contributed by atoms with van der Waals surface area (Å²) in [4.78, 5) is 11.9. The average molecular weight is 383 g/mol. The molecule has 2 nitrogen and oxygen atoms in total. The summed E-state index contributed by atoms with van der Waals surface area (Å²) in [6.45, 7) is 0. The number of benzene rings is 2. The van der Waals surface area contributed by atoms with Gasteiger partial charge in [-0.25, -0.2) is 17.6 Å². The minimum atomic E-state index is -1.70. The van der Waals surface area contributed by atoms with E-state index in [4.69, 9.17) is 11.6 Å². The van der Waals surface area contributed by atoms with Crippen molar-refractivity contribution in [2.24, 2.45) is 0 Å². The van der Waals surface area contributed by atoms with Crippen LogP contribution in [0.15, 0.2) is 28.7 Å². The molecule has 8 heteroatoms. The van der Waals surface area contributed by atoms with Crippen LogP contribution < -0.4 is 5.32 Å². The molecule has 0 bridgehead atoms. The van der Waals surface area contributed by atoms with Gasteiger partial charge in [0.1, 0.15) is 5.69 Å². The SMILES string of the molecule is O=C(Nc1c(F)c(F)cc(F)c1F)c1cc(Br)ccc1Cl. The molecular formula is C13H5BrClF4NO. The summed E-state index contributed by atoms with van der Waals surface area (Å²) < 4.78 is 53.5. The van der Waals surface area contributed by atoms with Gasteiger partial charge in [-0.2, -0.15) is 0 Å². The summed E-state index contributed by atoms with van der Waals surface area (Å²) >= 11 is 8.88. The Morgan fingerprint density at radius 1 is 1.05 bits per heavy atom. The lowest BCUT2D eigenvalue weighted by Crippen LogP contribution is -2.16. The van der Waals surface area contributed by atoms with Crippen molar-refractivity contribution in [3.05, 3.63) is 62.6 Å². The molecule has 2 rings (SSSR count). The lowest BCUT2D eigenvalue weighted by atomic mass is 10.2. The van der Waals surface area contributed by atoms with Gasteiger partial charge in [-0.05, 0) is 18.2 Å². The molecule has 1 N–H and O–H groups in total. The molecule has 0 saturated heterocycles. The Kier molecular flexibility index (Phi) is 4.53. The Morgan fingerprint density at radius 3 is 2.19 bits per heavy atom. The Morgan fingerprint density at radius 2 is 1.62 bits per heavy atom. The molecule has 2 aromatic rings. The van der Waals surface area contributed by atoms with Gasteiger partial charge in [-0.15, -0.1) is 0 Å². The van der Waals surface area contributed by atoms with Crippen LogP contribution in [0.2, 0.25) is 5.02 Å². The summed E-state index contributed by atoms with van der Waals surface area (Å²) in [6, 6.07) is 4.26. The number of hydrogen-bond acceptors (Lipinski definition) is 1. The summed E-state index contributed by atoms with van der Waals surface area (Å²) in [5, 5.41) is 1.78. The predicted octanol–water partition coefficient (Wildman–Crippen LogP) is 4.91. The van der Waals surface area contributed by atoms with Crippen LogP contribution in [-0.2, 0) is 0 Å². The van der Waals surface area contributed by atoms with E-state index >= 15 is 0 Å². The van der Waals surface area contributed by atoms with Crippen molar-refractivity contribution in [3.63, 3.8) is 0 Å². The van der Waals surface area contributed by atoms with Crippen molar-refractivity contribution in [2.45, 2.75) is 0 Å². The van der Waals surface area contributed by atoms with E-state index < -0.39 is 34.9 Å². The van der Waals surface area contributed by atoms with Gasteiger partial charge in [0.15, 0.2) is 23.3 Å². The molecule has 0 aliphatic carbocycles. The monoisotopic (exact) mass is 381 g/mol. The third-order valence-electron chi connectivity index (χ3n) is 2.52. The highest BCUT2D eigenvalue weighted by Crippen LogP contribution is 2.26. The minimum Gasteiger partial charge on any atom is -0.317 e. The Labute approximate surface area is 129 Å². The molecule has 0 aliphatic rings. The average Bonchev–Trinajstić information content (AvgIpc) is 2.43.